The van der Waals surface area contributed by atoms with Gasteiger partial charge in [0, 0.05) is 39.1 Å². The summed E-state index contributed by atoms with van der Waals surface area (Å²) in [5.74, 6) is 0.842. The van der Waals surface area contributed by atoms with Crippen LogP contribution in [0.4, 0.5) is 4.39 Å². The first-order valence-corrected chi connectivity index (χ1v) is 9.63. The summed E-state index contributed by atoms with van der Waals surface area (Å²) in [5.41, 5.74) is 1.11. The van der Waals surface area contributed by atoms with Crippen molar-refractivity contribution in [1.29, 1.82) is 0 Å². The predicted molar refractivity (Wildman–Crippen MR) is 104 cm³/mol. The van der Waals surface area contributed by atoms with Crippen molar-refractivity contribution in [1.82, 2.24) is 9.80 Å². The third-order valence-corrected chi connectivity index (χ3v) is 4.81. The number of hydrogen-bond donors (Lipinski definition) is 0. The maximum absolute atomic E-state index is 13.0. The van der Waals surface area contributed by atoms with Crippen molar-refractivity contribution in [2.75, 3.05) is 32.8 Å². The van der Waals surface area contributed by atoms with Crippen LogP contribution < -0.4 is 4.74 Å². The average Bonchev–Trinajstić information content (AvgIpc) is 2.93. The van der Waals surface area contributed by atoms with E-state index in [4.69, 9.17) is 4.74 Å². The molecular weight excluding hydrogens is 343 g/mol. The lowest BCUT2D eigenvalue weighted by Crippen LogP contribution is -2.35. The normalized spacial score (nSPS) is 15.4. The molecule has 0 spiro atoms. The van der Waals surface area contributed by atoms with Crippen molar-refractivity contribution >= 4 is 5.91 Å². The highest BCUT2D eigenvalue weighted by Crippen LogP contribution is 2.12. The lowest BCUT2D eigenvalue weighted by molar-refractivity contribution is -0.131. The second-order valence-electron chi connectivity index (χ2n) is 6.90. The number of para-hydroxylation sites is 1. The van der Waals surface area contributed by atoms with Gasteiger partial charge in [0.05, 0.1) is 6.61 Å². The second-order valence-corrected chi connectivity index (χ2v) is 6.90. The molecule has 0 unspecified atom stereocenters. The van der Waals surface area contributed by atoms with Crippen LogP contribution in [0.5, 0.6) is 5.75 Å². The van der Waals surface area contributed by atoms with E-state index in [1.807, 2.05) is 47.4 Å². The summed E-state index contributed by atoms with van der Waals surface area (Å²) >= 11 is 0. The molecule has 1 aliphatic rings. The Morgan fingerprint density at radius 3 is 2.52 bits per heavy atom. The standard InChI is InChI=1S/C22H27FN2O2/c23-20-11-9-19(10-12-20)18-24-13-5-14-25(16-15-24)22(26)8-4-17-27-21-6-2-1-3-7-21/h1-3,6-7,9-12H,4-5,8,13-18H2. The zero-order valence-corrected chi connectivity index (χ0v) is 15.6. The molecule has 1 fully saturated rings. The summed E-state index contributed by atoms with van der Waals surface area (Å²) in [6.07, 6.45) is 2.21. The van der Waals surface area contributed by atoms with Crippen molar-refractivity contribution in [3.05, 3.63) is 66.0 Å². The first kappa shape index (κ1) is 19.4. The second kappa shape index (κ2) is 10.1. The van der Waals surface area contributed by atoms with Gasteiger partial charge in [-0.25, -0.2) is 4.39 Å². The number of hydrogen-bond acceptors (Lipinski definition) is 3. The van der Waals surface area contributed by atoms with Gasteiger partial charge in [0.2, 0.25) is 5.91 Å². The van der Waals surface area contributed by atoms with Gasteiger partial charge in [0.15, 0.2) is 0 Å². The minimum Gasteiger partial charge on any atom is -0.494 e. The Kier molecular flexibility index (Phi) is 7.22. The highest BCUT2D eigenvalue weighted by Gasteiger charge is 2.18. The predicted octanol–water partition coefficient (Wildman–Crippen LogP) is 3.72. The minimum absolute atomic E-state index is 0.204. The highest BCUT2D eigenvalue weighted by molar-refractivity contribution is 5.76. The van der Waals surface area contributed by atoms with E-state index in [1.54, 1.807) is 0 Å². The third-order valence-electron chi connectivity index (χ3n) is 4.81. The fourth-order valence-electron chi connectivity index (χ4n) is 3.31. The number of rotatable bonds is 7. The lowest BCUT2D eigenvalue weighted by atomic mass is 10.2. The fourth-order valence-corrected chi connectivity index (χ4v) is 3.31. The van der Waals surface area contributed by atoms with E-state index in [1.165, 1.54) is 12.1 Å². The molecule has 1 amide bonds. The maximum atomic E-state index is 13.0. The molecule has 0 N–H and O–H groups in total. The van der Waals surface area contributed by atoms with Gasteiger partial charge in [-0.3, -0.25) is 9.69 Å². The molecule has 0 radical (unpaired) electrons. The Hall–Kier alpha value is -2.40. The van der Waals surface area contributed by atoms with Crippen LogP contribution in [0, 0.1) is 5.82 Å². The number of amides is 1. The highest BCUT2D eigenvalue weighted by atomic mass is 19.1. The smallest absolute Gasteiger partial charge is 0.222 e. The van der Waals surface area contributed by atoms with Crippen molar-refractivity contribution in [2.24, 2.45) is 0 Å². The molecule has 3 rings (SSSR count). The van der Waals surface area contributed by atoms with Crippen LogP contribution in [-0.4, -0.2) is 48.5 Å². The monoisotopic (exact) mass is 370 g/mol. The maximum Gasteiger partial charge on any atom is 0.222 e. The van der Waals surface area contributed by atoms with Crippen molar-refractivity contribution in [2.45, 2.75) is 25.8 Å². The number of halogens is 1. The molecule has 1 aliphatic heterocycles. The van der Waals surface area contributed by atoms with Crippen LogP contribution in [0.25, 0.3) is 0 Å². The van der Waals surface area contributed by atoms with Gasteiger partial charge < -0.3 is 9.64 Å². The summed E-state index contributed by atoms with van der Waals surface area (Å²) in [6.45, 7) is 4.72. The number of nitrogens with zero attached hydrogens (tertiary/aromatic N) is 2. The van der Waals surface area contributed by atoms with Gasteiger partial charge >= 0.3 is 0 Å². The molecular formula is C22H27FN2O2. The van der Waals surface area contributed by atoms with Crippen LogP contribution in [0.15, 0.2) is 54.6 Å². The quantitative estimate of drug-likeness (QED) is 0.697. The van der Waals surface area contributed by atoms with Gasteiger partial charge in [-0.1, -0.05) is 30.3 Å². The molecule has 0 aromatic heterocycles. The fraction of sp³-hybridized carbons (Fsp3) is 0.409. The molecule has 1 heterocycles. The molecule has 5 heteroatoms. The van der Waals surface area contributed by atoms with Crippen LogP contribution >= 0.6 is 0 Å². The lowest BCUT2D eigenvalue weighted by Gasteiger charge is -2.22. The van der Waals surface area contributed by atoms with E-state index in [9.17, 15) is 9.18 Å². The molecule has 2 aromatic carbocycles. The molecule has 0 saturated carbocycles. The Morgan fingerprint density at radius 2 is 1.74 bits per heavy atom. The van der Waals surface area contributed by atoms with Gasteiger partial charge in [-0.2, -0.15) is 0 Å². The van der Waals surface area contributed by atoms with Crippen LogP contribution in [-0.2, 0) is 11.3 Å². The van der Waals surface area contributed by atoms with E-state index in [2.05, 4.69) is 4.90 Å². The first-order chi connectivity index (χ1) is 13.2. The van der Waals surface area contributed by atoms with Gasteiger partial charge in [0.25, 0.3) is 0 Å². The molecule has 0 bridgehead atoms. The zero-order valence-electron chi connectivity index (χ0n) is 15.6. The largest absolute Gasteiger partial charge is 0.494 e. The number of ether oxygens (including phenoxy) is 1. The molecule has 0 aliphatic carbocycles. The van der Waals surface area contributed by atoms with Crippen molar-refractivity contribution in [3.63, 3.8) is 0 Å². The summed E-state index contributed by atoms with van der Waals surface area (Å²) in [5, 5.41) is 0. The molecule has 4 nitrogen and oxygen atoms in total. The Bertz CT molecular complexity index is 706. The number of carbonyl (C=O) groups excluding carboxylic acids is 1. The summed E-state index contributed by atoms with van der Waals surface area (Å²) in [4.78, 5) is 16.8. The molecule has 27 heavy (non-hydrogen) atoms. The van der Waals surface area contributed by atoms with E-state index in [0.29, 0.717) is 13.0 Å². The Morgan fingerprint density at radius 1 is 0.963 bits per heavy atom. The summed E-state index contributed by atoms with van der Waals surface area (Å²) in [7, 11) is 0. The first-order valence-electron chi connectivity index (χ1n) is 9.63. The molecule has 144 valence electrons. The minimum atomic E-state index is -0.206. The van der Waals surface area contributed by atoms with Gasteiger partial charge in [0.1, 0.15) is 11.6 Å². The molecule has 1 saturated heterocycles. The van der Waals surface area contributed by atoms with Crippen molar-refractivity contribution in [3.8, 4) is 5.75 Å². The van der Waals surface area contributed by atoms with E-state index < -0.39 is 0 Å². The Balaban J connectivity index is 1.38. The third kappa shape index (κ3) is 6.36. The average molecular weight is 370 g/mol. The Labute approximate surface area is 160 Å². The van der Waals surface area contributed by atoms with Crippen LogP contribution in [0.3, 0.4) is 0 Å². The van der Waals surface area contributed by atoms with Gasteiger partial charge in [-0.05, 0) is 42.7 Å². The van der Waals surface area contributed by atoms with Crippen LogP contribution in [0.2, 0.25) is 0 Å². The van der Waals surface area contributed by atoms with E-state index in [-0.39, 0.29) is 11.7 Å². The molecule has 0 atom stereocenters. The van der Waals surface area contributed by atoms with E-state index >= 15 is 0 Å². The summed E-state index contributed by atoms with van der Waals surface area (Å²) in [6, 6.07) is 16.3. The number of benzene rings is 2. The van der Waals surface area contributed by atoms with Crippen LogP contribution in [0.1, 0.15) is 24.8 Å². The van der Waals surface area contributed by atoms with E-state index in [0.717, 1.165) is 56.9 Å². The topological polar surface area (TPSA) is 32.8 Å². The van der Waals surface area contributed by atoms with Crippen molar-refractivity contribution < 1.29 is 13.9 Å². The van der Waals surface area contributed by atoms with Gasteiger partial charge in [-0.15, -0.1) is 0 Å². The summed E-state index contributed by atoms with van der Waals surface area (Å²) < 4.78 is 18.7. The molecule has 2 aromatic rings. The number of carbonyl (C=O) groups is 1. The SMILES string of the molecule is O=C(CCCOc1ccccc1)N1CCCN(Cc2ccc(F)cc2)CC1. The zero-order chi connectivity index (χ0) is 18.9.